The molecule has 1 saturated carbocycles. The summed E-state index contributed by atoms with van der Waals surface area (Å²) in [6.45, 7) is 0.119. The number of nitrogens with one attached hydrogen (secondary N) is 3. The summed E-state index contributed by atoms with van der Waals surface area (Å²) in [6, 6.07) is 16.0. The third-order valence-corrected chi connectivity index (χ3v) is 3.85. The van der Waals surface area contributed by atoms with Gasteiger partial charge in [-0.25, -0.2) is 0 Å². The van der Waals surface area contributed by atoms with Crippen LogP contribution in [0.2, 0.25) is 0 Å². The number of nitrogens with zero attached hydrogens (tertiary/aromatic N) is 1. The molecule has 1 aliphatic carbocycles. The number of carbonyl (C=O) groups is 2. The van der Waals surface area contributed by atoms with Crippen LogP contribution in [0.1, 0.15) is 18.4 Å². The Kier molecular flexibility index (Phi) is 4.95. The Morgan fingerprint density at radius 3 is 2.08 bits per heavy atom. The monoisotopic (exact) mass is 334 g/mol. The van der Waals surface area contributed by atoms with Crippen LogP contribution in [-0.2, 0) is 9.59 Å². The van der Waals surface area contributed by atoms with E-state index >= 15 is 0 Å². The van der Waals surface area contributed by atoms with Crippen LogP contribution in [0, 0.1) is 17.2 Å². The second-order valence-electron chi connectivity index (χ2n) is 5.93. The highest BCUT2D eigenvalue weighted by atomic mass is 16.2. The zero-order valence-corrected chi connectivity index (χ0v) is 13.6. The van der Waals surface area contributed by atoms with Gasteiger partial charge < -0.3 is 16.0 Å². The molecule has 0 atom stereocenters. The minimum Gasteiger partial charge on any atom is -0.376 e. The molecule has 6 heteroatoms. The van der Waals surface area contributed by atoms with Gasteiger partial charge in [-0.2, -0.15) is 5.26 Å². The molecular weight excluding hydrogens is 316 g/mol. The molecule has 0 aromatic heterocycles. The molecule has 3 N–H and O–H groups in total. The molecule has 25 heavy (non-hydrogen) atoms. The number of carbonyl (C=O) groups excluding carboxylic acids is 2. The second-order valence-corrected chi connectivity index (χ2v) is 5.93. The van der Waals surface area contributed by atoms with Crippen molar-refractivity contribution < 1.29 is 9.59 Å². The van der Waals surface area contributed by atoms with E-state index < -0.39 is 0 Å². The standard InChI is InChI=1S/C19H18N4O2/c20-11-13-1-5-16(6-2-13)22-18(24)12-21-15-7-9-17(10-8-15)23-19(25)14-3-4-14/h1-2,5-10,14,21H,3-4,12H2,(H,22,24)(H,23,25). The predicted octanol–water partition coefficient (Wildman–Crippen LogP) is 2.96. The first-order valence-electron chi connectivity index (χ1n) is 8.09. The number of nitriles is 1. The van der Waals surface area contributed by atoms with Crippen LogP contribution in [0.15, 0.2) is 48.5 Å². The molecule has 0 bridgehead atoms. The third kappa shape index (κ3) is 4.82. The minimum atomic E-state index is -0.184. The van der Waals surface area contributed by atoms with Crippen LogP contribution in [0.4, 0.5) is 17.1 Å². The van der Waals surface area contributed by atoms with Gasteiger partial charge in [-0.1, -0.05) is 0 Å². The van der Waals surface area contributed by atoms with Gasteiger partial charge in [-0.05, 0) is 61.4 Å². The lowest BCUT2D eigenvalue weighted by Gasteiger charge is -2.09. The Hall–Kier alpha value is -3.33. The van der Waals surface area contributed by atoms with Gasteiger partial charge >= 0.3 is 0 Å². The van der Waals surface area contributed by atoms with Crippen molar-refractivity contribution in [2.45, 2.75) is 12.8 Å². The maximum Gasteiger partial charge on any atom is 0.243 e. The Balaban J connectivity index is 1.46. The number of hydrogen-bond donors (Lipinski definition) is 3. The van der Waals surface area contributed by atoms with Gasteiger partial charge in [0.1, 0.15) is 0 Å². The zero-order valence-electron chi connectivity index (χ0n) is 13.6. The van der Waals surface area contributed by atoms with E-state index in [1.54, 1.807) is 36.4 Å². The molecule has 0 aliphatic heterocycles. The lowest BCUT2D eigenvalue weighted by Crippen LogP contribution is -2.21. The lowest BCUT2D eigenvalue weighted by molar-refractivity contribution is -0.117. The predicted molar refractivity (Wildman–Crippen MR) is 96.1 cm³/mol. The molecule has 0 heterocycles. The second kappa shape index (κ2) is 7.49. The Labute approximate surface area is 145 Å². The first-order chi connectivity index (χ1) is 12.1. The topological polar surface area (TPSA) is 94.0 Å². The van der Waals surface area contributed by atoms with E-state index in [0.29, 0.717) is 11.3 Å². The summed E-state index contributed by atoms with van der Waals surface area (Å²) in [5.74, 6) is 0.0575. The largest absolute Gasteiger partial charge is 0.376 e. The van der Waals surface area contributed by atoms with Crippen LogP contribution >= 0.6 is 0 Å². The fourth-order valence-electron chi connectivity index (χ4n) is 2.28. The molecular formula is C19H18N4O2. The summed E-state index contributed by atoms with van der Waals surface area (Å²) in [7, 11) is 0. The molecule has 2 amide bonds. The molecule has 0 saturated heterocycles. The van der Waals surface area contributed by atoms with Gasteiger partial charge in [0, 0.05) is 23.0 Å². The number of benzene rings is 2. The summed E-state index contributed by atoms with van der Waals surface area (Å²) in [4.78, 5) is 23.6. The molecule has 1 aliphatic rings. The quantitative estimate of drug-likeness (QED) is 0.757. The normalized spacial score (nSPS) is 12.8. The Morgan fingerprint density at radius 2 is 1.48 bits per heavy atom. The van der Waals surface area contributed by atoms with Crippen molar-refractivity contribution in [3.8, 4) is 6.07 Å². The Morgan fingerprint density at radius 1 is 0.920 bits per heavy atom. The average molecular weight is 334 g/mol. The van der Waals surface area contributed by atoms with Gasteiger partial charge in [0.15, 0.2) is 0 Å². The third-order valence-electron chi connectivity index (χ3n) is 3.85. The molecule has 2 aromatic rings. The van der Waals surface area contributed by atoms with Crippen molar-refractivity contribution in [1.82, 2.24) is 0 Å². The molecule has 6 nitrogen and oxygen atoms in total. The Bertz CT molecular complexity index is 803. The highest BCUT2D eigenvalue weighted by Gasteiger charge is 2.29. The van der Waals surface area contributed by atoms with Crippen molar-refractivity contribution in [1.29, 1.82) is 5.26 Å². The summed E-state index contributed by atoms with van der Waals surface area (Å²) >= 11 is 0. The number of anilines is 3. The number of amides is 2. The molecule has 3 rings (SSSR count). The van der Waals surface area contributed by atoms with Crippen LogP contribution < -0.4 is 16.0 Å². The van der Waals surface area contributed by atoms with Crippen molar-refractivity contribution in [3.05, 3.63) is 54.1 Å². The first-order valence-corrected chi connectivity index (χ1v) is 8.09. The number of hydrogen-bond acceptors (Lipinski definition) is 4. The molecule has 0 unspecified atom stereocenters. The van der Waals surface area contributed by atoms with Crippen LogP contribution in [0.25, 0.3) is 0 Å². The average Bonchev–Trinajstić information content (AvgIpc) is 3.47. The summed E-state index contributed by atoms with van der Waals surface area (Å²) in [5, 5.41) is 17.4. The van der Waals surface area contributed by atoms with E-state index in [9.17, 15) is 9.59 Å². The van der Waals surface area contributed by atoms with E-state index in [1.807, 2.05) is 18.2 Å². The highest BCUT2D eigenvalue weighted by Crippen LogP contribution is 2.30. The van der Waals surface area contributed by atoms with E-state index in [1.165, 1.54) is 0 Å². The van der Waals surface area contributed by atoms with Gasteiger partial charge in [-0.3, -0.25) is 9.59 Å². The first kappa shape index (κ1) is 16.5. The van der Waals surface area contributed by atoms with Crippen molar-refractivity contribution in [3.63, 3.8) is 0 Å². The minimum absolute atomic E-state index is 0.0718. The zero-order chi connectivity index (χ0) is 17.6. The smallest absolute Gasteiger partial charge is 0.243 e. The summed E-state index contributed by atoms with van der Waals surface area (Å²) in [5.41, 5.74) is 2.73. The molecule has 0 radical (unpaired) electrons. The maximum atomic E-state index is 11.9. The van der Waals surface area contributed by atoms with E-state index in [2.05, 4.69) is 16.0 Å². The van der Waals surface area contributed by atoms with Crippen molar-refractivity contribution in [2.24, 2.45) is 5.92 Å². The highest BCUT2D eigenvalue weighted by molar-refractivity contribution is 5.95. The fourth-order valence-corrected chi connectivity index (χ4v) is 2.28. The van der Waals surface area contributed by atoms with Gasteiger partial charge in [0.2, 0.25) is 11.8 Å². The summed E-state index contributed by atoms with van der Waals surface area (Å²) < 4.78 is 0. The molecule has 1 fully saturated rings. The van der Waals surface area contributed by atoms with Crippen LogP contribution in [-0.4, -0.2) is 18.4 Å². The van der Waals surface area contributed by atoms with Crippen molar-refractivity contribution in [2.75, 3.05) is 22.5 Å². The fraction of sp³-hybridized carbons (Fsp3) is 0.211. The summed E-state index contributed by atoms with van der Waals surface area (Å²) in [6.07, 6.45) is 1.94. The molecule has 2 aromatic carbocycles. The van der Waals surface area contributed by atoms with E-state index in [4.69, 9.17) is 5.26 Å². The SMILES string of the molecule is N#Cc1ccc(NC(=O)CNc2ccc(NC(=O)C3CC3)cc2)cc1. The molecule has 126 valence electrons. The lowest BCUT2D eigenvalue weighted by atomic mass is 10.2. The van der Waals surface area contributed by atoms with E-state index in [-0.39, 0.29) is 24.3 Å². The van der Waals surface area contributed by atoms with E-state index in [0.717, 1.165) is 24.2 Å². The van der Waals surface area contributed by atoms with Crippen molar-refractivity contribution >= 4 is 28.9 Å². The van der Waals surface area contributed by atoms with Gasteiger partial charge in [0.25, 0.3) is 0 Å². The van der Waals surface area contributed by atoms with Crippen LogP contribution in [0.3, 0.4) is 0 Å². The van der Waals surface area contributed by atoms with Gasteiger partial charge in [0.05, 0.1) is 18.2 Å². The maximum absolute atomic E-state index is 11.9. The van der Waals surface area contributed by atoms with Gasteiger partial charge in [-0.15, -0.1) is 0 Å². The number of rotatable bonds is 6. The van der Waals surface area contributed by atoms with Crippen LogP contribution in [0.5, 0.6) is 0 Å². The molecule has 0 spiro atoms.